The van der Waals surface area contributed by atoms with E-state index in [1.54, 1.807) is 24.3 Å². The molecule has 0 radical (unpaired) electrons. The second kappa shape index (κ2) is 6.69. The van der Waals surface area contributed by atoms with Crippen LogP contribution >= 0.6 is 0 Å². The van der Waals surface area contributed by atoms with Crippen molar-refractivity contribution in [2.45, 2.75) is 6.54 Å². The average Bonchev–Trinajstić information content (AvgIpc) is 3.04. The van der Waals surface area contributed by atoms with Crippen LogP contribution in [0.5, 0.6) is 0 Å². The van der Waals surface area contributed by atoms with Crippen molar-refractivity contribution in [2.75, 3.05) is 5.32 Å². The molecule has 0 aliphatic heterocycles. The minimum atomic E-state index is -0.377. The van der Waals surface area contributed by atoms with Crippen molar-refractivity contribution in [3.63, 3.8) is 0 Å². The first-order valence-corrected chi connectivity index (χ1v) is 6.89. The van der Waals surface area contributed by atoms with Gasteiger partial charge in [-0.15, -0.1) is 10.2 Å². The third-order valence-electron chi connectivity index (χ3n) is 2.99. The fourth-order valence-corrected chi connectivity index (χ4v) is 1.89. The fraction of sp³-hybridized carbons (Fsp3) is 0.0625. The number of benzene rings is 2. The number of urea groups is 1. The predicted octanol–water partition coefficient (Wildman–Crippen LogP) is 3.20. The summed E-state index contributed by atoms with van der Waals surface area (Å²) < 4.78 is 18.3. The van der Waals surface area contributed by atoms with Crippen molar-refractivity contribution in [1.82, 2.24) is 15.5 Å². The predicted molar refractivity (Wildman–Crippen MR) is 82.0 cm³/mol. The van der Waals surface area contributed by atoms with Gasteiger partial charge in [0, 0.05) is 11.3 Å². The van der Waals surface area contributed by atoms with Gasteiger partial charge in [0.1, 0.15) is 5.82 Å². The number of aromatic nitrogens is 2. The fourth-order valence-electron chi connectivity index (χ4n) is 1.89. The summed E-state index contributed by atoms with van der Waals surface area (Å²) >= 11 is 0. The van der Waals surface area contributed by atoms with Crippen molar-refractivity contribution in [3.8, 4) is 11.5 Å². The molecule has 1 aromatic heterocycles. The Morgan fingerprint density at radius 2 is 1.78 bits per heavy atom. The van der Waals surface area contributed by atoms with Crippen LogP contribution in [0.2, 0.25) is 0 Å². The minimum Gasteiger partial charge on any atom is -0.419 e. The Kier molecular flexibility index (Phi) is 4.28. The topological polar surface area (TPSA) is 80.1 Å². The number of carbonyl (C=O) groups is 1. The highest BCUT2D eigenvalue weighted by Gasteiger charge is 2.10. The average molecular weight is 312 g/mol. The summed E-state index contributed by atoms with van der Waals surface area (Å²) in [5.41, 5.74) is 1.29. The number of nitrogens with zero attached hydrogens (tertiary/aromatic N) is 2. The third kappa shape index (κ3) is 3.91. The molecule has 3 aromatic rings. The number of halogens is 1. The number of para-hydroxylation sites is 1. The van der Waals surface area contributed by atoms with E-state index in [2.05, 4.69) is 20.8 Å². The van der Waals surface area contributed by atoms with Gasteiger partial charge in [-0.05, 0) is 36.4 Å². The Hall–Kier alpha value is -3.22. The molecule has 116 valence electrons. The van der Waals surface area contributed by atoms with Crippen molar-refractivity contribution < 1.29 is 13.6 Å². The maximum atomic E-state index is 12.9. The molecular weight excluding hydrogens is 299 g/mol. The minimum absolute atomic E-state index is 0.0901. The second-order valence-electron chi connectivity index (χ2n) is 4.68. The molecule has 1 heterocycles. The van der Waals surface area contributed by atoms with Crippen molar-refractivity contribution in [3.05, 3.63) is 66.3 Å². The molecule has 2 amide bonds. The molecule has 6 nitrogen and oxygen atoms in total. The van der Waals surface area contributed by atoms with Gasteiger partial charge in [-0.1, -0.05) is 18.2 Å². The summed E-state index contributed by atoms with van der Waals surface area (Å²) in [6, 6.07) is 14.4. The lowest BCUT2D eigenvalue weighted by Crippen LogP contribution is -2.28. The van der Waals surface area contributed by atoms with Crippen LogP contribution in [0.4, 0.5) is 14.9 Å². The molecule has 23 heavy (non-hydrogen) atoms. The van der Waals surface area contributed by atoms with Crippen molar-refractivity contribution in [2.24, 2.45) is 0 Å². The molecule has 0 atom stereocenters. The van der Waals surface area contributed by atoms with Crippen LogP contribution in [-0.4, -0.2) is 16.2 Å². The zero-order valence-corrected chi connectivity index (χ0v) is 12.0. The van der Waals surface area contributed by atoms with Crippen LogP contribution in [0.1, 0.15) is 5.89 Å². The summed E-state index contributed by atoms with van der Waals surface area (Å²) in [6.07, 6.45) is 0. The van der Waals surface area contributed by atoms with E-state index in [-0.39, 0.29) is 30.2 Å². The second-order valence-corrected chi connectivity index (χ2v) is 4.68. The number of carbonyl (C=O) groups excluding carboxylic acids is 1. The van der Waals surface area contributed by atoms with E-state index in [0.29, 0.717) is 11.3 Å². The maximum Gasteiger partial charge on any atom is 0.319 e. The normalized spacial score (nSPS) is 10.3. The first kappa shape index (κ1) is 14.7. The largest absolute Gasteiger partial charge is 0.419 e. The number of rotatable bonds is 4. The zero-order chi connectivity index (χ0) is 16.1. The van der Waals surface area contributed by atoms with E-state index >= 15 is 0 Å². The third-order valence-corrected chi connectivity index (χ3v) is 2.99. The quantitative estimate of drug-likeness (QED) is 0.775. The van der Waals surface area contributed by atoms with E-state index in [4.69, 9.17) is 4.42 Å². The smallest absolute Gasteiger partial charge is 0.319 e. The molecule has 0 fully saturated rings. The number of anilines is 1. The zero-order valence-electron chi connectivity index (χ0n) is 12.0. The lowest BCUT2D eigenvalue weighted by molar-refractivity contribution is 0.250. The summed E-state index contributed by atoms with van der Waals surface area (Å²) in [5, 5.41) is 13.0. The van der Waals surface area contributed by atoms with Gasteiger partial charge in [0.2, 0.25) is 11.8 Å². The van der Waals surface area contributed by atoms with Crippen molar-refractivity contribution >= 4 is 11.7 Å². The van der Waals surface area contributed by atoms with Gasteiger partial charge in [0.05, 0.1) is 6.54 Å². The molecule has 0 bridgehead atoms. The Morgan fingerprint density at radius 1 is 1.04 bits per heavy atom. The maximum absolute atomic E-state index is 12.9. The molecule has 3 rings (SSSR count). The van der Waals surface area contributed by atoms with Crippen LogP contribution in [0.25, 0.3) is 11.5 Å². The molecule has 7 heteroatoms. The van der Waals surface area contributed by atoms with Crippen LogP contribution < -0.4 is 10.6 Å². The van der Waals surface area contributed by atoms with Crippen LogP contribution in [-0.2, 0) is 6.54 Å². The van der Waals surface area contributed by atoms with E-state index in [1.165, 1.54) is 12.1 Å². The molecule has 0 aliphatic rings. The lowest BCUT2D eigenvalue weighted by atomic mass is 10.2. The molecular formula is C16H13FN4O2. The number of nitrogens with one attached hydrogen (secondary N) is 2. The van der Waals surface area contributed by atoms with E-state index in [0.717, 1.165) is 0 Å². The summed E-state index contributed by atoms with van der Waals surface area (Å²) in [5.74, 6) is 0.186. The van der Waals surface area contributed by atoms with E-state index < -0.39 is 0 Å². The van der Waals surface area contributed by atoms with Gasteiger partial charge in [0.25, 0.3) is 0 Å². The Morgan fingerprint density at radius 3 is 2.52 bits per heavy atom. The van der Waals surface area contributed by atoms with Gasteiger partial charge in [-0.3, -0.25) is 0 Å². The molecule has 0 aliphatic carbocycles. The lowest BCUT2D eigenvalue weighted by Gasteiger charge is -2.05. The van der Waals surface area contributed by atoms with E-state index in [1.807, 2.05) is 18.2 Å². The van der Waals surface area contributed by atoms with E-state index in [9.17, 15) is 9.18 Å². The Balaban J connectivity index is 1.57. The summed E-state index contributed by atoms with van der Waals surface area (Å²) in [6.45, 7) is 0.0901. The van der Waals surface area contributed by atoms with Gasteiger partial charge in [0.15, 0.2) is 0 Å². The molecule has 2 N–H and O–H groups in total. The standard InChI is InChI=1S/C16H13FN4O2/c17-12-8-6-11(7-9-12)15-21-20-14(23-15)10-18-16(22)19-13-4-2-1-3-5-13/h1-9H,10H2,(H2,18,19,22). The summed E-state index contributed by atoms with van der Waals surface area (Å²) in [4.78, 5) is 11.7. The SMILES string of the molecule is O=C(NCc1nnc(-c2ccc(F)cc2)o1)Nc1ccccc1. The number of amides is 2. The molecule has 0 spiro atoms. The Bertz CT molecular complexity index is 787. The molecule has 0 saturated heterocycles. The van der Waals surface area contributed by atoms with Gasteiger partial charge >= 0.3 is 6.03 Å². The van der Waals surface area contributed by atoms with Gasteiger partial charge in [-0.25, -0.2) is 9.18 Å². The highest BCUT2D eigenvalue weighted by molar-refractivity contribution is 5.89. The molecule has 0 saturated carbocycles. The summed E-state index contributed by atoms with van der Waals surface area (Å²) in [7, 11) is 0. The number of hydrogen-bond acceptors (Lipinski definition) is 4. The molecule has 2 aromatic carbocycles. The number of hydrogen-bond donors (Lipinski definition) is 2. The first-order chi connectivity index (χ1) is 11.2. The van der Waals surface area contributed by atoms with Crippen LogP contribution in [0.15, 0.2) is 59.0 Å². The monoisotopic (exact) mass is 312 g/mol. The first-order valence-electron chi connectivity index (χ1n) is 6.89. The van der Waals surface area contributed by atoms with Gasteiger partial charge < -0.3 is 15.1 Å². The highest BCUT2D eigenvalue weighted by Crippen LogP contribution is 2.17. The van der Waals surface area contributed by atoms with Crippen LogP contribution in [0, 0.1) is 5.82 Å². The highest BCUT2D eigenvalue weighted by atomic mass is 19.1. The van der Waals surface area contributed by atoms with Crippen LogP contribution in [0.3, 0.4) is 0 Å². The molecule has 0 unspecified atom stereocenters. The Labute approximate surface area is 131 Å². The van der Waals surface area contributed by atoms with Crippen molar-refractivity contribution in [1.29, 1.82) is 0 Å². The van der Waals surface area contributed by atoms with Gasteiger partial charge in [-0.2, -0.15) is 0 Å².